The zero-order valence-electron chi connectivity index (χ0n) is 19.8. The molecule has 0 spiro atoms. The molecule has 0 bridgehead atoms. The van der Waals surface area contributed by atoms with Crippen LogP contribution < -0.4 is 10.9 Å². The van der Waals surface area contributed by atoms with Crippen LogP contribution in [0.25, 0.3) is 5.65 Å². The molecule has 0 fully saturated rings. The van der Waals surface area contributed by atoms with Crippen LogP contribution in [0.5, 0.6) is 0 Å². The summed E-state index contributed by atoms with van der Waals surface area (Å²) < 4.78 is 21.0. The van der Waals surface area contributed by atoms with Crippen LogP contribution in [0.2, 0.25) is 0 Å². The summed E-state index contributed by atoms with van der Waals surface area (Å²) in [5, 5.41) is 6.85. The number of halogens is 1. The van der Waals surface area contributed by atoms with Gasteiger partial charge in [0.1, 0.15) is 41.7 Å². The summed E-state index contributed by atoms with van der Waals surface area (Å²) in [6, 6.07) is 4.09. The van der Waals surface area contributed by atoms with Crippen LogP contribution in [-0.2, 0) is 33.8 Å². The van der Waals surface area contributed by atoms with Crippen LogP contribution in [0.1, 0.15) is 49.4 Å². The Hall–Kier alpha value is -4.09. The lowest BCUT2D eigenvalue weighted by molar-refractivity contribution is -0.155. The smallest absolute Gasteiger partial charge is 0.326 e. The van der Waals surface area contributed by atoms with Gasteiger partial charge in [-0.25, -0.2) is 9.37 Å². The molecule has 0 unspecified atom stereocenters. The van der Waals surface area contributed by atoms with Gasteiger partial charge in [0.15, 0.2) is 0 Å². The molecule has 0 aliphatic carbocycles. The monoisotopic (exact) mass is 484 g/mol. The lowest BCUT2D eigenvalue weighted by Crippen LogP contribution is -2.35. The van der Waals surface area contributed by atoms with Gasteiger partial charge in [-0.1, -0.05) is 6.92 Å². The number of fused-ring (bicyclic) bond motifs is 2. The van der Waals surface area contributed by atoms with E-state index in [1.807, 2.05) is 6.92 Å². The molecular formula is C23H25FN6O5. The van der Waals surface area contributed by atoms with Gasteiger partial charge in [0.25, 0.3) is 11.5 Å². The average molecular weight is 484 g/mol. The van der Waals surface area contributed by atoms with Gasteiger partial charge in [0, 0.05) is 6.07 Å². The number of hydrogen-bond donors (Lipinski definition) is 1. The molecule has 11 nitrogen and oxygen atoms in total. The van der Waals surface area contributed by atoms with Gasteiger partial charge in [0.05, 0.1) is 24.0 Å². The Kier molecular flexibility index (Phi) is 6.14. The molecule has 3 aromatic heterocycles. The third kappa shape index (κ3) is 4.91. The fourth-order valence-electron chi connectivity index (χ4n) is 3.83. The number of aromatic nitrogens is 4. The number of esters is 1. The average Bonchev–Trinajstić information content (AvgIpc) is 3.34. The molecule has 4 heterocycles. The van der Waals surface area contributed by atoms with E-state index in [-0.39, 0.29) is 42.4 Å². The van der Waals surface area contributed by atoms with E-state index in [2.05, 4.69) is 15.4 Å². The Balaban J connectivity index is 1.71. The van der Waals surface area contributed by atoms with Crippen LogP contribution in [0, 0.1) is 5.82 Å². The number of pyridine rings is 1. The third-order valence-electron chi connectivity index (χ3n) is 5.26. The van der Waals surface area contributed by atoms with Crippen molar-refractivity contribution in [1.82, 2.24) is 24.1 Å². The number of carbonyl (C=O) groups is 3. The van der Waals surface area contributed by atoms with Crippen LogP contribution in [-0.4, -0.2) is 54.0 Å². The van der Waals surface area contributed by atoms with Gasteiger partial charge in [-0.3, -0.25) is 19.2 Å². The molecule has 1 aliphatic heterocycles. The largest absolute Gasteiger partial charge is 0.459 e. The maximum absolute atomic E-state index is 13.3. The van der Waals surface area contributed by atoms with E-state index in [9.17, 15) is 23.6 Å². The van der Waals surface area contributed by atoms with Crippen molar-refractivity contribution in [3.8, 4) is 0 Å². The lowest BCUT2D eigenvalue weighted by Gasteiger charge is -2.22. The highest BCUT2D eigenvalue weighted by molar-refractivity contribution is 6.00. The van der Waals surface area contributed by atoms with Crippen LogP contribution in [0.4, 0.5) is 10.2 Å². The highest BCUT2D eigenvalue weighted by atomic mass is 19.1. The second-order valence-corrected chi connectivity index (χ2v) is 9.14. The number of nitrogens with zero attached hydrogens (tertiary/aromatic N) is 5. The molecule has 184 valence electrons. The maximum Gasteiger partial charge on any atom is 0.326 e. The summed E-state index contributed by atoms with van der Waals surface area (Å²) in [7, 11) is 0. The minimum atomic E-state index is -0.736. The predicted octanol–water partition coefficient (Wildman–Crippen LogP) is 1.53. The Morgan fingerprint density at radius 3 is 2.57 bits per heavy atom. The molecule has 4 rings (SSSR count). The predicted molar refractivity (Wildman–Crippen MR) is 122 cm³/mol. The summed E-state index contributed by atoms with van der Waals surface area (Å²) in [6.45, 7) is 6.19. The second-order valence-electron chi connectivity index (χ2n) is 9.14. The van der Waals surface area contributed by atoms with E-state index in [4.69, 9.17) is 4.74 Å². The SMILES string of the molecule is CCc1cc2n(CC(=O)Nc3ccc(F)cn3)c3c(c(=O)n2n1)CN(CC(=O)OC(C)(C)C)C3=O. The normalized spacial score (nSPS) is 13.3. The van der Waals surface area contributed by atoms with Gasteiger partial charge < -0.3 is 19.5 Å². The van der Waals surface area contributed by atoms with E-state index in [1.54, 1.807) is 26.8 Å². The van der Waals surface area contributed by atoms with Crippen LogP contribution in [0.15, 0.2) is 29.2 Å². The quantitative estimate of drug-likeness (QED) is 0.526. The molecular weight excluding hydrogens is 459 g/mol. The molecule has 0 radical (unpaired) electrons. The Bertz CT molecular complexity index is 1390. The standard InChI is InChI=1S/C23H25FN6O5/c1-5-14-8-18-29(11-17(31)26-16-7-6-13(24)9-25-16)20-15(21(33)30(18)27-14)10-28(22(20)34)12-19(32)35-23(2,3)4/h6-9H,5,10-12H2,1-4H3,(H,25,26,31). The lowest BCUT2D eigenvalue weighted by atomic mass is 10.2. The highest BCUT2D eigenvalue weighted by Gasteiger charge is 2.36. The minimum Gasteiger partial charge on any atom is -0.459 e. The number of carbonyl (C=O) groups excluding carboxylic acids is 3. The maximum atomic E-state index is 13.3. The first-order valence-electron chi connectivity index (χ1n) is 11.0. The second kappa shape index (κ2) is 8.93. The van der Waals surface area contributed by atoms with Gasteiger partial charge in [-0.05, 0) is 39.3 Å². The molecule has 0 aromatic carbocycles. The van der Waals surface area contributed by atoms with E-state index in [0.29, 0.717) is 12.1 Å². The number of anilines is 1. The molecule has 0 atom stereocenters. The first kappa shape index (κ1) is 24.0. The first-order valence-corrected chi connectivity index (χ1v) is 11.0. The molecule has 1 aliphatic rings. The van der Waals surface area contributed by atoms with Crippen molar-refractivity contribution in [1.29, 1.82) is 0 Å². The number of aryl methyl sites for hydroxylation is 1. The minimum absolute atomic E-state index is 0.0100. The van der Waals surface area contributed by atoms with Crippen molar-refractivity contribution < 1.29 is 23.5 Å². The highest BCUT2D eigenvalue weighted by Crippen LogP contribution is 2.23. The molecule has 35 heavy (non-hydrogen) atoms. The van der Waals surface area contributed by atoms with Gasteiger partial charge >= 0.3 is 5.97 Å². The first-order chi connectivity index (χ1) is 16.5. The van der Waals surface area contributed by atoms with Crippen molar-refractivity contribution in [2.24, 2.45) is 0 Å². The van der Waals surface area contributed by atoms with Crippen molar-refractivity contribution in [3.63, 3.8) is 0 Å². The summed E-state index contributed by atoms with van der Waals surface area (Å²) in [5.41, 5.74) is -0.217. The summed E-state index contributed by atoms with van der Waals surface area (Å²) >= 11 is 0. The number of rotatable bonds is 6. The molecule has 0 saturated heterocycles. The zero-order chi connectivity index (χ0) is 25.5. The van der Waals surface area contributed by atoms with Gasteiger partial charge in [0.2, 0.25) is 5.91 Å². The summed E-state index contributed by atoms with van der Waals surface area (Å²) in [6.07, 6.45) is 1.50. The fraction of sp³-hybridized carbons (Fsp3) is 0.391. The third-order valence-corrected chi connectivity index (χ3v) is 5.26. The van der Waals surface area contributed by atoms with Crippen molar-refractivity contribution >= 4 is 29.2 Å². The Morgan fingerprint density at radius 2 is 1.94 bits per heavy atom. The fourth-order valence-corrected chi connectivity index (χ4v) is 3.83. The number of nitrogens with one attached hydrogen (secondary N) is 1. The number of amides is 2. The Morgan fingerprint density at radius 1 is 1.20 bits per heavy atom. The van der Waals surface area contributed by atoms with Crippen LogP contribution in [0.3, 0.4) is 0 Å². The molecule has 12 heteroatoms. The summed E-state index contributed by atoms with van der Waals surface area (Å²) in [4.78, 5) is 56.6. The van der Waals surface area contributed by atoms with E-state index < -0.39 is 34.8 Å². The van der Waals surface area contributed by atoms with Crippen molar-refractivity contribution in [2.75, 3.05) is 11.9 Å². The van der Waals surface area contributed by atoms with E-state index in [0.717, 1.165) is 16.8 Å². The summed E-state index contributed by atoms with van der Waals surface area (Å²) in [5.74, 6) is -2.15. The number of hydrogen-bond acceptors (Lipinski definition) is 7. The molecule has 2 amide bonds. The van der Waals surface area contributed by atoms with Gasteiger partial charge in [-0.2, -0.15) is 9.61 Å². The van der Waals surface area contributed by atoms with Crippen LogP contribution >= 0.6 is 0 Å². The Labute approximate surface area is 199 Å². The van der Waals surface area contributed by atoms with E-state index >= 15 is 0 Å². The molecule has 3 aromatic rings. The molecule has 1 N–H and O–H groups in total. The zero-order valence-corrected chi connectivity index (χ0v) is 19.8. The van der Waals surface area contributed by atoms with E-state index in [1.165, 1.54) is 15.5 Å². The van der Waals surface area contributed by atoms with Crippen molar-refractivity contribution in [2.45, 2.75) is 52.8 Å². The molecule has 0 saturated carbocycles. The topological polar surface area (TPSA) is 128 Å². The van der Waals surface area contributed by atoms with Gasteiger partial charge in [-0.15, -0.1) is 0 Å². The van der Waals surface area contributed by atoms with Crippen molar-refractivity contribution in [3.05, 3.63) is 57.5 Å². The number of ether oxygens (including phenoxy) is 1.